The zero-order valence-corrected chi connectivity index (χ0v) is 23.4. The minimum absolute atomic E-state index is 0.0201. The first kappa shape index (κ1) is 28.4. The first-order valence-electron chi connectivity index (χ1n) is 12.6. The van der Waals surface area contributed by atoms with Gasteiger partial charge < -0.3 is 26.2 Å². The molecule has 0 aliphatic heterocycles. The Balaban J connectivity index is 1.31. The zero-order chi connectivity index (χ0) is 29.1. The summed E-state index contributed by atoms with van der Waals surface area (Å²) in [6, 6.07) is 7.73. The maximum Gasteiger partial charge on any atom is 0.321 e. The van der Waals surface area contributed by atoms with Crippen molar-refractivity contribution in [1.82, 2.24) is 15.3 Å². The molecule has 214 valence electrons. The number of benzene rings is 2. The van der Waals surface area contributed by atoms with E-state index in [1.54, 1.807) is 23.6 Å². The standard InChI is InChI=1S/C27H26F2N6O4S2/c1-39-16-4-2-3-13(9-16)24(37)32-20-10-17(18(28)11-19(20)29)21-12-40-25(33-21)22-23(30)34-27(41-22)35-26(38)31-14-5-7-15(36)8-6-14/h2-4,9-12,14-15,36H,5-8,30H2,1H3,(H,32,37)(H2,31,34,35,38). The maximum atomic E-state index is 14.8. The number of hydrogen-bond donors (Lipinski definition) is 5. The van der Waals surface area contributed by atoms with E-state index in [0.29, 0.717) is 47.4 Å². The number of amides is 3. The number of anilines is 3. The molecule has 5 rings (SSSR count). The number of nitrogens with two attached hydrogens (primary N) is 1. The van der Waals surface area contributed by atoms with Crippen LogP contribution >= 0.6 is 22.7 Å². The molecular weight excluding hydrogens is 574 g/mol. The van der Waals surface area contributed by atoms with Crippen molar-refractivity contribution in [2.75, 3.05) is 23.5 Å². The molecule has 6 N–H and O–H groups in total. The van der Waals surface area contributed by atoms with Crippen LogP contribution in [0.3, 0.4) is 0 Å². The quantitative estimate of drug-likeness (QED) is 0.188. The third kappa shape index (κ3) is 6.61. The summed E-state index contributed by atoms with van der Waals surface area (Å²) in [6.45, 7) is 0. The molecule has 0 unspecified atom stereocenters. The minimum Gasteiger partial charge on any atom is -0.497 e. The number of urea groups is 1. The van der Waals surface area contributed by atoms with Crippen molar-refractivity contribution < 1.29 is 28.2 Å². The molecule has 14 heteroatoms. The highest BCUT2D eigenvalue weighted by Gasteiger charge is 2.23. The predicted octanol–water partition coefficient (Wildman–Crippen LogP) is 5.48. The summed E-state index contributed by atoms with van der Waals surface area (Å²) in [5.41, 5.74) is 6.30. The Morgan fingerprint density at radius 3 is 2.61 bits per heavy atom. The normalized spacial score (nSPS) is 16.7. The molecule has 10 nitrogen and oxygen atoms in total. The number of aliphatic hydroxyl groups is 1. The lowest BCUT2D eigenvalue weighted by atomic mass is 9.93. The van der Waals surface area contributed by atoms with Gasteiger partial charge in [0.05, 0.1) is 24.6 Å². The van der Waals surface area contributed by atoms with E-state index in [1.807, 2.05) is 0 Å². The third-order valence-electron chi connectivity index (χ3n) is 6.52. The number of nitrogens with one attached hydrogen (secondary N) is 3. The van der Waals surface area contributed by atoms with Gasteiger partial charge in [-0.05, 0) is 49.9 Å². The molecule has 0 bridgehead atoms. The van der Waals surface area contributed by atoms with Crippen LogP contribution in [0.1, 0.15) is 36.0 Å². The highest BCUT2D eigenvalue weighted by molar-refractivity contribution is 7.23. The van der Waals surface area contributed by atoms with Gasteiger partial charge in [0.25, 0.3) is 5.91 Å². The van der Waals surface area contributed by atoms with Gasteiger partial charge in [-0.2, -0.15) is 0 Å². The number of ether oxygens (including phenoxy) is 1. The number of hydrogen-bond acceptors (Lipinski definition) is 9. The molecule has 1 saturated carbocycles. The summed E-state index contributed by atoms with van der Waals surface area (Å²) in [5.74, 6) is -1.80. The number of rotatable bonds is 7. The van der Waals surface area contributed by atoms with Crippen LogP contribution < -0.4 is 26.4 Å². The second-order valence-corrected chi connectivity index (χ2v) is 11.2. The highest BCUT2D eigenvalue weighted by atomic mass is 32.1. The Labute approximate surface area is 241 Å². The summed E-state index contributed by atoms with van der Waals surface area (Å²) < 4.78 is 34.5. The van der Waals surface area contributed by atoms with Gasteiger partial charge in [-0.1, -0.05) is 17.4 Å². The van der Waals surface area contributed by atoms with Gasteiger partial charge >= 0.3 is 6.03 Å². The number of aromatic nitrogens is 2. The number of halogens is 2. The van der Waals surface area contributed by atoms with Crippen LogP contribution in [0, 0.1) is 11.6 Å². The summed E-state index contributed by atoms with van der Waals surface area (Å²) >= 11 is 2.28. The Morgan fingerprint density at radius 2 is 1.85 bits per heavy atom. The first-order valence-corrected chi connectivity index (χ1v) is 14.3. The lowest BCUT2D eigenvalue weighted by Crippen LogP contribution is -2.40. The molecule has 3 amide bonds. The van der Waals surface area contributed by atoms with Crippen LogP contribution in [0.5, 0.6) is 5.75 Å². The van der Waals surface area contributed by atoms with Crippen LogP contribution in [0.15, 0.2) is 41.8 Å². The topological polar surface area (TPSA) is 151 Å². The number of methoxy groups -OCH3 is 1. The van der Waals surface area contributed by atoms with E-state index < -0.39 is 23.6 Å². The lowest BCUT2D eigenvalue weighted by Gasteiger charge is -2.25. The highest BCUT2D eigenvalue weighted by Crippen LogP contribution is 2.39. The van der Waals surface area contributed by atoms with Crippen molar-refractivity contribution in [2.45, 2.75) is 37.8 Å². The molecule has 0 spiro atoms. The molecule has 1 aliphatic carbocycles. The molecule has 1 aliphatic rings. The van der Waals surface area contributed by atoms with E-state index in [0.717, 1.165) is 11.3 Å². The largest absolute Gasteiger partial charge is 0.497 e. The van der Waals surface area contributed by atoms with Crippen molar-refractivity contribution >= 4 is 51.2 Å². The predicted molar refractivity (Wildman–Crippen MR) is 154 cm³/mol. The third-order valence-corrected chi connectivity index (χ3v) is 8.50. The Bertz CT molecular complexity index is 1590. The summed E-state index contributed by atoms with van der Waals surface area (Å²) in [4.78, 5) is 34.3. The molecule has 41 heavy (non-hydrogen) atoms. The fourth-order valence-corrected chi connectivity index (χ4v) is 6.18. The molecular formula is C27H26F2N6O4S2. The van der Waals surface area contributed by atoms with Crippen molar-refractivity contribution in [2.24, 2.45) is 0 Å². The van der Waals surface area contributed by atoms with Gasteiger partial charge in [-0.15, -0.1) is 11.3 Å². The zero-order valence-electron chi connectivity index (χ0n) is 21.7. The summed E-state index contributed by atoms with van der Waals surface area (Å²) in [6.07, 6.45) is 2.32. The number of carbonyl (C=O) groups is 2. The number of carbonyl (C=O) groups excluding carboxylic acids is 2. The van der Waals surface area contributed by atoms with Gasteiger partial charge in [-0.25, -0.2) is 23.5 Å². The average molecular weight is 601 g/mol. The summed E-state index contributed by atoms with van der Waals surface area (Å²) in [7, 11) is 1.46. The van der Waals surface area contributed by atoms with E-state index in [1.165, 1.54) is 30.6 Å². The van der Waals surface area contributed by atoms with Crippen LogP contribution in [0.25, 0.3) is 21.1 Å². The second-order valence-electron chi connectivity index (χ2n) is 9.37. The van der Waals surface area contributed by atoms with Crippen molar-refractivity contribution in [3.05, 3.63) is 59.0 Å². The van der Waals surface area contributed by atoms with Crippen LogP contribution in [0.4, 0.5) is 30.2 Å². The fraction of sp³-hybridized carbons (Fsp3) is 0.259. The van der Waals surface area contributed by atoms with Gasteiger partial charge in [-0.3, -0.25) is 10.1 Å². The lowest BCUT2D eigenvalue weighted by molar-refractivity contribution is 0.102. The maximum absolute atomic E-state index is 14.8. The molecule has 2 heterocycles. The average Bonchev–Trinajstić information content (AvgIpc) is 3.57. The molecule has 4 aromatic rings. The monoisotopic (exact) mass is 600 g/mol. The Morgan fingerprint density at radius 1 is 1.07 bits per heavy atom. The summed E-state index contributed by atoms with van der Waals surface area (Å²) in [5, 5.41) is 19.9. The van der Waals surface area contributed by atoms with Crippen molar-refractivity contribution in [3.63, 3.8) is 0 Å². The minimum atomic E-state index is -0.942. The number of nitrogen functional groups attached to an aromatic ring is 1. The van der Waals surface area contributed by atoms with E-state index in [4.69, 9.17) is 10.5 Å². The van der Waals surface area contributed by atoms with Gasteiger partial charge in [0.2, 0.25) is 0 Å². The van der Waals surface area contributed by atoms with Gasteiger partial charge in [0, 0.05) is 28.6 Å². The number of nitrogens with zero attached hydrogens (tertiary/aromatic N) is 2. The van der Waals surface area contributed by atoms with Crippen LogP contribution in [-0.4, -0.2) is 46.3 Å². The van der Waals surface area contributed by atoms with E-state index in [2.05, 4.69) is 25.9 Å². The molecule has 0 saturated heterocycles. The fourth-order valence-electron chi connectivity index (χ4n) is 4.38. The Hall–Kier alpha value is -4.14. The number of thiazole rings is 2. The van der Waals surface area contributed by atoms with Gasteiger partial charge in [0.1, 0.15) is 33.1 Å². The van der Waals surface area contributed by atoms with E-state index >= 15 is 0 Å². The van der Waals surface area contributed by atoms with Crippen molar-refractivity contribution in [1.29, 1.82) is 0 Å². The molecule has 1 fully saturated rings. The molecule has 2 aromatic carbocycles. The van der Waals surface area contributed by atoms with E-state index in [-0.39, 0.29) is 45.6 Å². The van der Waals surface area contributed by atoms with Crippen LogP contribution in [-0.2, 0) is 0 Å². The number of aliphatic hydroxyl groups excluding tert-OH is 1. The molecule has 0 atom stereocenters. The molecule has 0 radical (unpaired) electrons. The first-order chi connectivity index (χ1) is 19.7. The van der Waals surface area contributed by atoms with Crippen molar-refractivity contribution in [3.8, 4) is 26.9 Å². The Kier molecular flexibility index (Phi) is 8.42. The molecule has 2 aromatic heterocycles. The van der Waals surface area contributed by atoms with Crippen LogP contribution in [0.2, 0.25) is 0 Å². The SMILES string of the molecule is COc1cccc(C(=O)Nc2cc(-c3csc(-c4sc(NC(=O)NC5CCC(O)CC5)nc4N)n3)c(F)cc2F)c1. The van der Waals surface area contributed by atoms with E-state index in [9.17, 15) is 23.5 Å². The van der Waals surface area contributed by atoms with Gasteiger partial charge in [0.15, 0.2) is 5.13 Å². The second kappa shape index (κ2) is 12.2. The smallest absolute Gasteiger partial charge is 0.321 e.